The minimum absolute atomic E-state index is 0.119. The Balaban J connectivity index is 2.76. The molecule has 0 aliphatic rings. The maximum Gasteiger partial charge on any atom is 0.335 e. The second-order valence-electron chi connectivity index (χ2n) is 2.91. The largest absolute Gasteiger partial charge is 0.618 e. The number of aromatic carboxylic acids is 1. The molecule has 0 atom stereocenters. The van der Waals surface area contributed by atoms with Crippen molar-refractivity contribution >= 4 is 16.9 Å². The van der Waals surface area contributed by atoms with Crippen molar-refractivity contribution in [3.05, 3.63) is 47.3 Å². The van der Waals surface area contributed by atoms with Gasteiger partial charge in [0.05, 0.1) is 5.56 Å². The number of rotatable bonds is 1. The first-order valence-electron chi connectivity index (χ1n) is 4.04. The molecule has 70 valence electrons. The molecule has 4 heteroatoms. The fraction of sp³-hybridized carbons (Fsp3) is 0. The highest BCUT2D eigenvalue weighted by molar-refractivity contribution is 5.92. The van der Waals surface area contributed by atoms with Gasteiger partial charge in [-0.05, 0) is 18.2 Å². The van der Waals surface area contributed by atoms with Crippen molar-refractivity contribution in [3.63, 3.8) is 0 Å². The van der Waals surface area contributed by atoms with Gasteiger partial charge in [0.25, 0.3) is 0 Å². The van der Waals surface area contributed by atoms with E-state index in [1.165, 1.54) is 18.3 Å². The van der Waals surface area contributed by atoms with Crippen LogP contribution in [-0.4, -0.2) is 11.1 Å². The summed E-state index contributed by atoms with van der Waals surface area (Å²) in [6.07, 6.45) is 1.34. The SMILES string of the molecule is O=C(O)c1ccc2ccc[n+]([O-])c2c1. The van der Waals surface area contributed by atoms with E-state index >= 15 is 0 Å². The molecular formula is C10H7NO3. The van der Waals surface area contributed by atoms with Gasteiger partial charge >= 0.3 is 5.97 Å². The van der Waals surface area contributed by atoms with Crippen molar-refractivity contribution in [1.29, 1.82) is 0 Å². The van der Waals surface area contributed by atoms with E-state index in [0.717, 1.165) is 5.39 Å². The Morgan fingerprint density at radius 2 is 2.14 bits per heavy atom. The molecule has 1 heterocycles. The van der Waals surface area contributed by atoms with Crippen molar-refractivity contribution in [2.45, 2.75) is 0 Å². The molecule has 2 rings (SSSR count). The number of pyridine rings is 1. The lowest BCUT2D eigenvalue weighted by molar-refractivity contribution is -0.577. The molecular weight excluding hydrogens is 182 g/mol. The normalized spacial score (nSPS) is 10.3. The van der Waals surface area contributed by atoms with Crippen LogP contribution in [0.15, 0.2) is 36.5 Å². The summed E-state index contributed by atoms with van der Waals surface area (Å²) in [6, 6.07) is 7.84. The summed E-state index contributed by atoms with van der Waals surface area (Å²) in [5.74, 6) is -1.03. The van der Waals surface area contributed by atoms with Crippen LogP contribution in [0.4, 0.5) is 0 Å². The van der Waals surface area contributed by atoms with Gasteiger partial charge in [0.15, 0.2) is 6.20 Å². The van der Waals surface area contributed by atoms with Crippen LogP contribution < -0.4 is 4.73 Å². The molecule has 4 nitrogen and oxygen atoms in total. The Bertz CT molecular complexity index is 508. The molecule has 0 saturated carbocycles. The fourth-order valence-electron chi connectivity index (χ4n) is 1.31. The molecule has 0 fully saturated rings. The van der Waals surface area contributed by atoms with Crippen LogP contribution in [0.25, 0.3) is 10.9 Å². The number of carbonyl (C=O) groups is 1. The minimum Gasteiger partial charge on any atom is -0.618 e. The molecule has 0 aliphatic heterocycles. The van der Waals surface area contributed by atoms with Crippen LogP contribution in [0.3, 0.4) is 0 Å². The Hall–Kier alpha value is -2.10. The van der Waals surface area contributed by atoms with Gasteiger partial charge in [-0.25, -0.2) is 4.79 Å². The highest BCUT2D eigenvalue weighted by Gasteiger charge is 2.08. The topological polar surface area (TPSA) is 64.2 Å². The zero-order valence-electron chi connectivity index (χ0n) is 7.18. The Kier molecular flexibility index (Phi) is 1.81. The zero-order chi connectivity index (χ0) is 10.1. The lowest BCUT2D eigenvalue weighted by Gasteiger charge is -2.01. The van der Waals surface area contributed by atoms with Gasteiger partial charge in [0.2, 0.25) is 5.52 Å². The highest BCUT2D eigenvalue weighted by atomic mass is 16.5. The fourth-order valence-corrected chi connectivity index (χ4v) is 1.31. The number of fused-ring (bicyclic) bond motifs is 1. The number of aromatic nitrogens is 1. The molecule has 1 aromatic heterocycles. The third-order valence-corrected chi connectivity index (χ3v) is 2.01. The van der Waals surface area contributed by atoms with Gasteiger partial charge in [0.1, 0.15) is 0 Å². The van der Waals surface area contributed by atoms with E-state index in [0.29, 0.717) is 10.2 Å². The summed E-state index contributed by atoms with van der Waals surface area (Å²) in [6.45, 7) is 0. The van der Waals surface area contributed by atoms with Crippen LogP contribution in [0.2, 0.25) is 0 Å². The Labute approximate surface area is 79.6 Å². The first-order valence-corrected chi connectivity index (χ1v) is 4.04. The maximum absolute atomic E-state index is 11.3. The molecule has 14 heavy (non-hydrogen) atoms. The minimum atomic E-state index is -1.03. The molecule has 0 saturated heterocycles. The Morgan fingerprint density at radius 3 is 2.86 bits per heavy atom. The molecule has 0 unspecified atom stereocenters. The van der Waals surface area contributed by atoms with Gasteiger partial charge in [-0.2, -0.15) is 4.73 Å². The Morgan fingerprint density at radius 1 is 1.36 bits per heavy atom. The zero-order valence-corrected chi connectivity index (χ0v) is 7.18. The molecule has 0 radical (unpaired) electrons. The number of nitrogens with zero attached hydrogens (tertiary/aromatic N) is 1. The smallest absolute Gasteiger partial charge is 0.335 e. The van der Waals surface area contributed by atoms with Crippen LogP contribution in [-0.2, 0) is 0 Å². The van der Waals surface area contributed by atoms with Gasteiger partial charge in [-0.1, -0.05) is 0 Å². The number of carboxylic acids is 1. The molecule has 0 bridgehead atoms. The number of carboxylic acid groups (broad SMARTS) is 1. The van der Waals surface area contributed by atoms with E-state index in [1.54, 1.807) is 18.2 Å². The van der Waals surface area contributed by atoms with E-state index in [1.807, 2.05) is 0 Å². The summed E-state index contributed by atoms with van der Waals surface area (Å²) in [4.78, 5) is 10.6. The monoisotopic (exact) mass is 189 g/mol. The van der Waals surface area contributed by atoms with Crippen LogP contribution in [0.1, 0.15) is 10.4 Å². The molecule has 1 aromatic carbocycles. The van der Waals surface area contributed by atoms with Crippen molar-refractivity contribution in [1.82, 2.24) is 0 Å². The summed E-state index contributed by atoms with van der Waals surface area (Å²) < 4.78 is 0.655. The molecule has 0 aliphatic carbocycles. The van der Waals surface area contributed by atoms with E-state index in [-0.39, 0.29) is 5.56 Å². The standard InChI is InChI=1S/C10H7NO3/c12-10(13)8-4-3-7-2-1-5-11(14)9(7)6-8/h1-6H,(H,12,13). The first-order chi connectivity index (χ1) is 6.68. The quantitative estimate of drug-likeness (QED) is 0.541. The van der Waals surface area contributed by atoms with E-state index in [4.69, 9.17) is 5.11 Å². The lowest BCUT2D eigenvalue weighted by Crippen LogP contribution is -2.25. The third kappa shape index (κ3) is 1.26. The average Bonchev–Trinajstić information content (AvgIpc) is 2.18. The second kappa shape index (κ2) is 2.99. The van der Waals surface area contributed by atoms with Crippen LogP contribution in [0.5, 0.6) is 0 Å². The molecule has 0 spiro atoms. The van der Waals surface area contributed by atoms with Gasteiger partial charge < -0.3 is 10.3 Å². The number of benzene rings is 1. The summed E-state index contributed by atoms with van der Waals surface area (Å²) in [5, 5.41) is 20.7. The number of hydrogen-bond donors (Lipinski definition) is 1. The van der Waals surface area contributed by atoms with Crippen molar-refractivity contribution in [3.8, 4) is 0 Å². The van der Waals surface area contributed by atoms with E-state index in [2.05, 4.69) is 0 Å². The molecule has 1 N–H and O–H groups in total. The summed E-state index contributed by atoms with van der Waals surface area (Å²) in [7, 11) is 0. The van der Waals surface area contributed by atoms with Crippen LogP contribution >= 0.6 is 0 Å². The summed E-state index contributed by atoms with van der Waals surface area (Å²) >= 11 is 0. The van der Waals surface area contributed by atoms with Gasteiger partial charge in [-0.15, -0.1) is 0 Å². The van der Waals surface area contributed by atoms with Gasteiger partial charge in [-0.3, -0.25) is 0 Å². The highest BCUT2D eigenvalue weighted by Crippen LogP contribution is 2.11. The van der Waals surface area contributed by atoms with Crippen molar-refractivity contribution < 1.29 is 14.6 Å². The molecule has 2 aromatic rings. The maximum atomic E-state index is 11.3. The predicted octanol–water partition coefficient (Wildman–Crippen LogP) is 1.17. The summed E-state index contributed by atoms with van der Waals surface area (Å²) in [5.41, 5.74) is 0.487. The van der Waals surface area contributed by atoms with E-state index < -0.39 is 5.97 Å². The predicted molar refractivity (Wildman–Crippen MR) is 49.9 cm³/mol. The second-order valence-corrected chi connectivity index (χ2v) is 2.91. The van der Waals surface area contributed by atoms with Crippen molar-refractivity contribution in [2.75, 3.05) is 0 Å². The first kappa shape index (κ1) is 8.50. The average molecular weight is 189 g/mol. The van der Waals surface area contributed by atoms with Crippen molar-refractivity contribution in [2.24, 2.45) is 0 Å². The van der Waals surface area contributed by atoms with Crippen LogP contribution in [0, 0.1) is 5.21 Å². The van der Waals surface area contributed by atoms with E-state index in [9.17, 15) is 10.0 Å². The lowest BCUT2D eigenvalue weighted by atomic mass is 10.1. The third-order valence-electron chi connectivity index (χ3n) is 2.01. The molecule has 0 amide bonds. The van der Waals surface area contributed by atoms with Gasteiger partial charge in [0, 0.05) is 17.5 Å². The number of hydrogen-bond acceptors (Lipinski definition) is 2.